The summed E-state index contributed by atoms with van der Waals surface area (Å²) in [6.45, 7) is 16.3. The fourth-order valence-corrected chi connectivity index (χ4v) is 16.0. The van der Waals surface area contributed by atoms with Gasteiger partial charge in [-0.3, -0.25) is 9.69 Å². The molecule has 666 valence electrons. The van der Waals surface area contributed by atoms with Crippen LogP contribution in [0.4, 0.5) is 95.6 Å². The molecule has 128 heavy (non-hydrogen) atoms. The molecule has 3 aromatic heterocycles. The first-order valence-corrected chi connectivity index (χ1v) is 43.4. The number of methoxy groups -OCH3 is 6. The lowest BCUT2D eigenvalue weighted by Gasteiger charge is -2.34. The molecule has 32 heteroatoms. The number of piperazine rings is 3. The van der Waals surface area contributed by atoms with Crippen molar-refractivity contribution in [1.82, 2.24) is 44.6 Å². The minimum atomic E-state index is -0.561. The number of hydrogen-bond donors (Lipinski definition) is 4. The zero-order chi connectivity index (χ0) is 90.3. The van der Waals surface area contributed by atoms with Gasteiger partial charge in [-0.05, 0) is 178 Å². The summed E-state index contributed by atoms with van der Waals surface area (Å²) in [5, 5.41) is 14.1. The lowest BCUT2D eigenvalue weighted by Crippen LogP contribution is -2.44. The van der Waals surface area contributed by atoms with Crippen LogP contribution >= 0.6 is 46.4 Å². The van der Waals surface area contributed by atoms with E-state index in [1.54, 1.807) is 125 Å². The summed E-state index contributed by atoms with van der Waals surface area (Å²) < 4.78 is 33.0. The number of urea groups is 2. The van der Waals surface area contributed by atoms with E-state index in [4.69, 9.17) is 74.8 Å². The Balaban J connectivity index is 0.000000164. The molecule has 3 aliphatic heterocycles. The first-order chi connectivity index (χ1) is 62.1. The second-order valence-electron chi connectivity index (χ2n) is 30.4. The maximum atomic E-state index is 14.2. The quantitative estimate of drug-likeness (QED) is 0.0373. The van der Waals surface area contributed by atoms with Crippen molar-refractivity contribution in [2.45, 2.75) is 39.5 Å². The highest BCUT2D eigenvalue weighted by molar-refractivity contribution is 6.40. The van der Waals surface area contributed by atoms with Crippen LogP contribution < -0.4 is 79.1 Å². The molecule has 0 spiro atoms. The van der Waals surface area contributed by atoms with E-state index in [0.29, 0.717) is 107 Å². The standard InChI is InChI=1S/C34H41N7O3.C32H33Cl2N5O3.C30H31Cl2N7O3/c1-6-24-9-8-10-25(7-2)33(24)38-34(42)41(29-16-15-28(43-4)21-30(29)44-5)32-22-31(35-23-36-32)37-26-11-13-27(14-12-26)40-19-17-39(3)18-20-40;1-37-13-15-38(16-14-37)24-8-10-25(11-9-24)39(32(40)20-27-28(33)5-4-6-29(27)34)31-18-23(35-21-36-31)17-22-7-12-26(41-2)19-30(22)42-3;1-37-13-15-38(16-14-37)21-9-7-20(8-10-21)35-27-18-28(34-19-33-27)39(25-12-11-22(41-2)17-26(25)42-3)30(40)36-29-23(31)5-4-6-24(29)32/h8-16,21-23H,6-7,17-20H2,1-5H3,(H,38,42)(H,35,36,37);4-12,18-19,21H,13-17,20H2,1-3H3;4-12,17-19H,13-16H2,1-3H3,(H,36,40)(H,33,34,35). The van der Waals surface area contributed by atoms with Gasteiger partial charge < -0.3 is 79.1 Å². The number of anilines is 15. The van der Waals surface area contributed by atoms with Crippen LogP contribution in [-0.2, 0) is 30.5 Å². The second-order valence-corrected chi connectivity index (χ2v) is 32.1. The van der Waals surface area contributed by atoms with Crippen LogP contribution in [0.1, 0.15) is 41.8 Å². The van der Waals surface area contributed by atoms with Crippen molar-refractivity contribution in [3.8, 4) is 34.5 Å². The number of carbonyl (C=O) groups is 3. The van der Waals surface area contributed by atoms with Crippen LogP contribution in [-0.4, -0.2) is 205 Å². The topological polar surface area (TPSA) is 261 Å². The number of aryl methyl sites for hydroxylation is 2. The molecule has 12 aromatic rings. The molecule has 15 rings (SSSR count). The molecule has 6 heterocycles. The fraction of sp³-hybridized carbons (Fsp3) is 0.281. The lowest BCUT2D eigenvalue weighted by molar-refractivity contribution is -0.117. The number of rotatable bonds is 27. The summed E-state index contributed by atoms with van der Waals surface area (Å²) in [4.78, 5) is 87.4. The van der Waals surface area contributed by atoms with Gasteiger partial charge in [0.15, 0.2) is 0 Å². The third kappa shape index (κ3) is 23.5. The van der Waals surface area contributed by atoms with E-state index in [1.807, 2.05) is 91.0 Å². The summed E-state index contributed by atoms with van der Waals surface area (Å²) in [5.41, 5.74) is 12.3. The molecular weight excluding hydrogens is 1700 g/mol. The van der Waals surface area contributed by atoms with E-state index in [1.165, 1.54) is 47.3 Å². The van der Waals surface area contributed by atoms with Crippen molar-refractivity contribution < 1.29 is 42.8 Å². The van der Waals surface area contributed by atoms with Crippen LogP contribution in [0, 0.1) is 0 Å². The first-order valence-electron chi connectivity index (χ1n) is 41.9. The Bertz CT molecular complexity index is 5710. The monoisotopic (exact) mass is 1810 g/mol. The van der Waals surface area contributed by atoms with Gasteiger partial charge in [-0.1, -0.05) is 96.6 Å². The van der Waals surface area contributed by atoms with Crippen LogP contribution in [0.5, 0.6) is 34.5 Å². The minimum Gasteiger partial charge on any atom is -0.497 e. The Kier molecular flexibility index (Phi) is 32.2. The Labute approximate surface area is 767 Å². The van der Waals surface area contributed by atoms with Crippen molar-refractivity contribution in [2.24, 2.45) is 0 Å². The smallest absolute Gasteiger partial charge is 0.332 e. The zero-order valence-corrected chi connectivity index (χ0v) is 76.5. The van der Waals surface area contributed by atoms with E-state index >= 15 is 0 Å². The van der Waals surface area contributed by atoms with Gasteiger partial charge in [0, 0.05) is 171 Å². The summed E-state index contributed by atoms with van der Waals surface area (Å²) in [6.07, 6.45) is 6.35. The molecule has 28 nitrogen and oxygen atoms in total. The zero-order valence-electron chi connectivity index (χ0n) is 73.5. The van der Waals surface area contributed by atoms with Gasteiger partial charge in [0.2, 0.25) is 5.91 Å². The molecule has 4 N–H and O–H groups in total. The van der Waals surface area contributed by atoms with Gasteiger partial charge in [-0.2, -0.15) is 0 Å². The van der Waals surface area contributed by atoms with Gasteiger partial charge >= 0.3 is 12.1 Å². The summed E-state index contributed by atoms with van der Waals surface area (Å²) in [5.74, 6) is 5.37. The lowest BCUT2D eigenvalue weighted by atomic mass is 10.0. The molecule has 3 fully saturated rings. The van der Waals surface area contributed by atoms with E-state index < -0.39 is 6.03 Å². The Morgan fingerprint density at radius 2 is 0.750 bits per heavy atom. The van der Waals surface area contributed by atoms with Crippen LogP contribution in [0.3, 0.4) is 0 Å². The Morgan fingerprint density at radius 1 is 0.375 bits per heavy atom. The largest absolute Gasteiger partial charge is 0.497 e. The van der Waals surface area contributed by atoms with E-state index in [0.717, 1.165) is 137 Å². The number of nitrogens with zero attached hydrogens (tertiary/aromatic N) is 15. The van der Waals surface area contributed by atoms with Gasteiger partial charge in [-0.25, -0.2) is 49.3 Å². The average Bonchev–Trinajstić information content (AvgIpc) is 0.796. The number of likely N-dealkylation sites (N-methyl/N-ethyl adjacent to an activating group) is 3. The van der Waals surface area contributed by atoms with Gasteiger partial charge in [-0.15, -0.1) is 0 Å². The Morgan fingerprint density at radius 3 is 1.16 bits per heavy atom. The molecule has 0 atom stereocenters. The van der Waals surface area contributed by atoms with Crippen molar-refractivity contribution >= 4 is 150 Å². The third-order valence-corrected chi connectivity index (χ3v) is 23.6. The first kappa shape index (κ1) is 92.7. The molecule has 0 bridgehead atoms. The van der Waals surface area contributed by atoms with Crippen LogP contribution in [0.15, 0.2) is 219 Å². The molecule has 0 aliphatic carbocycles. The third-order valence-electron chi connectivity index (χ3n) is 22.3. The predicted molar refractivity (Wildman–Crippen MR) is 514 cm³/mol. The van der Waals surface area contributed by atoms with Crippen molar-refractivity contribution in [2.75, 3.05) is 193 Å². The summed E-state index contributed by atoms with van der Waals surface area (Å²) in [6, 6.07) is 61.2. The maximum Gasteiger partial charge on any atom is 0.332 e. The SMILES string of the molecule is CCc1cccc(CC)c1NC(=O)N(c1cc(Nc2ccc(N3CCN(C)CC3)cc2)ncn1)c1ccc(OC)cc1OC.COc1ccc(Cc2cc(N(C(=O)Cc3c(Cl)cccc3Cl)c3ccc(N4CCN(C)CC4)cc3)ncn2)c(OC)c1.COc1ccc(N(C(=O)Nc2c(Cl)cccc2Cl)c2cc(Nc3ccc(N4CCN(C)CC4)cc3)ncn2)c(OC)c1. The number of ether oxygens (including phenoxy) is 6. The van der Waals surface area contributed by atoms with Crippen molar-refractivity contribution in [3.63, 3.8) is 0 Å². The van der Waals surface area contributed by atoms with Crippen LogP contribution in [0.2, 0.25) is 20.1 Å². The molecule has 9 aromatic carbocycles. The molecule has 0 radical (unpaired) electrons. The maximum absolute atomic E-state index is 14.2. The van der Waals surface area contributed by atoms with Crippen LogP contribution in [0.25, 0.3) is 0 Å². The molecule has 0 unspecified atom stereocenters. The number of nitrogens with one attached hydrogen (secondary N) is 4. The highest BCUT2D eigenvalue weighted by Gasteiger charge is 2.30. The molecule has 3 saturated heterocycles. The van der Waals surface area contributed by atoms with E-state index in [9.17, 15) is 14.4 Å². The highest BCUT2D eigenvalue weighted by Crippen LogP contribution is 2.42. The molecule has 5 amide bonds. The fourth-order valence-electron chi connectivity index (χ4n) is 15.0. The normalized spacial score (nSPS) is 13.4. The van der Waals surface area contributed by atoms with Gasteiger partial charge in [0.25, 0.3) is 0 Å². The molecular formula is C96H105Cl4N19O9. The van der Waals surface area contributed by atoms with E-state index in [-0.39, 0.29) is 29.9 Å². The predicted octanol–water partition coefficient (Wildman–Crippen LogP) is 19.2. The number of carbonyl (C=O) groups excluding carboxylic acids is 3. The summed E-state index contributed by atoms with van der Waals surface area (Å²) >= 11 is 25.6. The number of halogens is 4. The van der Waals surface area contributed by atoms with Gasteiger partial charge in [0.1, 0.15) is 82.6 Å². The Hall–Kier alpha value is -12.9. The highest BCUT2D eigenvalue weighted by atomic mass is 35.5. The number of amides is 5. The second kappa shape index (κ2) is 44.5. The van der Waals surface area contributed by atoms with E-state index in [2.05, 4.69) is 140 Å². The molecule has 3 aliphatic rings. The number of hydrogen-bond acceptors (Lipinski definition) is 23. The number of aromatic nitrogens is 6. The molecule has 0 saturated carbocycles. The summed E-state index contributed by atoms with van der Waals surface area (Å²) in [7, 11) is 15.9. The minimum absolute atomic E-state index is 0.00432. The average molecular weight is 1810 g/mol. The number of para-hydroxylation sites is 2. The van der Waals surface area contributed by atoms with Crippen molar-refractivity contribution in [1.29, 1.82) is 0 Å². The number of benzene rings is 9. The van der Waals surface area contributed by atoms with Crippen molar-refractivity contribution in [3.05, 3.63) is 267 Å². The van der Waals surface area contributed by atoms with Gasteiger partial charge in [0.05, 0.1) is 87.6 Å².